The summed E-state index contributed by atoms with van der Waals surface area (Å²) in [6.07, 6.45) is 2.60. The van der Waals surface area contributed by atoms with Gasteiger partial charge in [-0.2, -0.15) is 10.1 Å². The molecule has 9 heteroatoms. The molecule has 0 saturated heterocycles. The summed E-state index contributed by atoms with van der Waals surface area (Å²) in [5, 5.41) is 13.9. The number of hydrogen-bond donors (Lipinski definition) is 3. The van der Waals surface area contributed by atoms with Crippen LogP contribution in [0, 0.1) is 5.82 Å². The summed E-state index contributed by atoms with van der Waals surface area (Å²) in [6, 6.07) is 13.1. The van der Waals surface area contributed by atoms with Crippen LogP contribution in [0.15, 0.2) is 54.9 Å². The minimum Gasteiger partial charge on any atom is -0.486 e. The second kappa shape index (κ2) is 7.27. The monoisotopic (exact) mass is 392 g/mol. The second-order valence-electron chi connectivity index (χ2n) is 6.57. The van der Waals surface area contributed by atoms with Gasteiger partial charge in [-0.25, -0.2) is 9.37 Å². The van der Waals surface area contributed by atoms with Gasteiger partial charge in [-0.05, 0) is 30.3 Å². The third-order valence-electron chi connectivity index (χ3n) is 4.51. The minimum absolute atomic E-state index is 0.0903. The number of nitrogens with one attached hydrogen (secondary N) is 3. The molecule has 0 bridgehead atoms. The first-order valence-corrected chi connectivity index (χ1v) is 9.10. The summed E-state index contributed by atoms with van der Waals surface area (Å²) in [5.41, 5.74) is 1.64. The lowest BCUT2D eigenvalue weighted by Crippen LogP contribution is -2.35. The van der Waals surface area contributed by atoms with Crippen molar-refractivity contribution in [1.29, 1.82) is 0 Å². The predicted octanol–water partition coefficient (Wildman–Crippen LogP) is 3.49. The Kier molecular flexibility index (Phi) is 4.32. The van der Waals surface area contributed by atoms with Crippen molar-refractivity contribution < 1.29 is 13.9 Å². The smallest absolute Gasteiger partial charge is 0.229 e. The lowest BCUT2D eigenvalue weighted by Gasteiger charge is -2.26. The van der Waals surface area contributed by atoms with E-state index in [9.17, 15) is 4.39 Å². The molecular weight excluding hydrogens is 375 g/mol. The lowest BCUT2D eigenvalue weighted by atomic mass is 10.2. The van der Waals surface area contributed by atoms with Crippen molar-refractivity contribution in [2.45, 2.75) is 6.10 Å². The van der Waals surface area contributed by atoms with Crippen LogP contribution in [-0.4, -0.2) is 39.4 Å². The molecule has 0 radical (unpaired) electrons. The number of para-hydroxylation sites is 2. The molecule has 1 aliphatic heterocycles. The molecule has 0 spiro atoms. The van der Waals surface area contributed by atoms with Gasteiger partial charge in [0.15, 0.2) is 23.1 Å². The highest BCUT2D eigenvalue weighted by Gasteiger charge is 2.21. The van der Waals surface area contributed by atoms with Gasteiger partial charge in [0.1, 0.15) is 12.7 Å². The summed E-state index contributed by atoms with van der Waals surface area (Å²) in [7, 11) is 0. The topological polar surface area (TPSA) is 97.0 Å². The summed E-state index contributed by atoms with van der Waals surface area (Å²) in [5.74, 6) is 1.20. The van der Waals surface area contributed by atoms with E-state index in [1.807, 2.05) is 42.5 Å². The highest BCUT2D eigenvalue weighted by Crippen LogP contribution is 2.31. The van der Waals surface area contributed by atoms with Crippen LogP contribution >= 0.6 is 0 Å². The number of ether oxygens (including phenoxy) is 2. The van der Waals surface area contributed by atoms with Gasteiger partial charge in [-0.3, -0.25) is 5.10 Å². The van der Waals surface area contributed by atoms with Gasteiger partial charge in [0, 0.05) is 11.1 Å². The third kappa shape index (κ3) is 3.62. The number of fused-ring (bicyclic) bond motifs is 2. The van der Waals surface area contributed by atoms with E-state index in [1.165, 1.54) is 0 Å². The molecule has 1 aliphatic rings. The Labute approximate surface area is 165 Å². The predicted molar refractivity (Wildman–Crippen MR) is 106 cm³/mol. The van der Waals surface area contributed by atoms with Crippen LogP contribution in [0.4, 0.5) is 21.8 Å². The van der Waals surface area contributed by atoms with Crippen LogP contribution < -0.4 is 20.1 Å². The quantitative estimate of drug-likeness (QED) is 0.478. The molecule has 2 aromatic heterocycles. The molecule has 0 amide bonds. The zero-order valence-electron chi connectivity index (χ0n) is 15.2. The number of halogens is 1. The number of benzene rings is 2. The molecule has 1 unspecified atom stereocenters. The SMILES string of the molecule is Fc1cnc(Nc2ccc3cn[nH]c3c2)nc1NCC1COc2ccccc2O1. The van der Waals surface area contributed by atoms with Gasteiger partial charge in [0.25, 0.3) is 0 Å². The lowest BCUT2D eigenvalue weighted by molar-refractivity contribution is 0.0996. The van der Waals surface area contributed by atoms with Crippen LogP contribution in [0.3, 0.4) is 0 Å². The fraction of sp³-hybridized carbons (Fsp3) is 0.150. The van der Waals surface area contributed by atoms with Gasteiger partial charge in [-0.1, -0.05) is 12.1 Å². The number of aromatic amines is 1. The van der Waals surface area contributed by atoms with E-state index in [-0.39, 0.29) is 17.9 Å². The standard InChI is InChI=1S/C20H17FN6O2/c21-15-10-23-20(25-13-6-5-12-8-24-27-16(12)7-13)26-19(15)22-9-14-11-28-17-3-1-2-4-18(17)29-14/h1-8,10,14H,9,11H2,(H,24,27)(H2,22,23,25,26). The molecule has 0 aliphatic carbocycles. The van der Waals surface area contributed by atoms with Crippen molar-refractivity contribution in [1.82, 2.24) is 20.2 Å². The van der Waals surface area contributed by atoms with Crippen LogP contribution in [0.5, 0.6) is 11.5 Å². The first-order valence-electron chi connectivity index (χ1n) is 9.10. The van der Waals surface area contributed by atoms with Gasteiger partial charge in [0.05, 0.1) is 24.5 Å². The third-order valence-corrected chi connectivity index (χ3v) is 4.51. The molecule has 0 saturated carbocycles. The zero-order valence-corrected chi connectivity index (χ0v) is 15.2. The maximum absolute atomic E-state index is 14.2. The molecule has 8 nitrogen and oxygen atoms in total. The van der Waals surface area contributed by atoms with E-state index in [1.54, 1.807) is 6.20 Å². The Morgan fingerprint density at radius 3 is 2.97 bits per heavy atom. The Morgan fingerprint density at radius 1 is 1.14 bits per heavy atom. The van der Waals surface area contributed by atoms with Crippen molar-refractivity contribution in [3.05, 3.63) is 60.7 Å². The van der Waals surface area contributed by atoms with Crippen molar-refractivity contribution in [2.75, 3.05) is 23.8 Å². The first-order chi connectivity index (χ1) is 14.2. The zero-order chi connectivity index (χ0) is 19.6. The molecule has 29 heavy (non-hydrogen) atoms. The molecular formula is C20H17FN6O2. The number of rotatable bonds is 5. The minimum atomic E-state index is -0.545. The Balaban J connectivity index is 1.27. The maximum atomic E-state index is 14.2. The van der Waals surface area contributed by atoms with Crippen LogP contribution in [0.2, 0.25) is 0 Å². The van der Waals surface area contributed by atoms with E-state index in [2.05, 4.69) is 30.8 Å². The normalized spacial score (nSPS) is 15.3. The van der Waals surface area contributed by atoms with E-state index < -0.39 is 5.82 Å². The molecule has 2 aromatic carbocycles. The molecule has 3 N–H and O–H groups in total. The fourth-order valence-corrected chi connectivity index (χ4v) is 3.07. The number of aromatic nitrogens is 4. The summed E-state index contributed by atoms with van der Waals surface area (Å²) < 4.78 is 25.7. The Bertz CT molecular complexity index is 1160. The number of nitrogens with zero attached hydrogens (tertiary/aromatic N) is 3. The average Bonchev–Trinajstić information content (AvgIpc) is 3.22. The average molecular weight is 392 g/mol. The van der Waals surface area contributed by atoms with E-state index >= 15 is 0 Å². The fourth-order valence-electron chi connectivity index (χ4n) is 3.07. The number of H-pyrrole nitrogens is 1. The van der Waals surface area contributed by atoms with E-state index in [4.69, 9.17) is 9.47 Å². The first kappa shape index (κ1) is 17.2. The Hall–Kier alpha value is -3.88. The van der Waals surface area contributed by atoms with Crippen molar-refractivity contribution in [2.24, 2.45) is 0 Å². The maximum Gasteiger partial charge on any atom is 0.229 e. The molecule has 0 fully saturated rings. The largest absolute Gasteiger partial charge is 0.486 e. The molecule has 3 heterocycles. The summed E-state index contributed by atoms with van der Waals surface area (Å²) in [4.78, 5) is 8.24. The number of anilines is 3. The molecule has 1 atom stereocenters. The molecule has 5 rings (SSSR count). The summed E-state index contributed by atoms with van der Waals surface area (Å²) in [6.45, 7) is 0.702. The van der Waals surface area contributed by atoms with Crippen LogP contribution in [0.1, 0.15) is 0 Å². The van der Waals surface area contributed by atoms with Crippen molar-refractivity contribution in [3.8, 4) is 11.5 Å². The van der Waals surface area contributed by atoms with Gasteiger partial charge in [0.2, 0.25) is 5.95 Å². The van der Waals surface area contributed by atoms with Gasteiger partial charge < -0.3 is 20.1 Å². The van der Waals surface area contributed by atoms with Gasteiger partial charge >= 0.3 is 0 Å². The molecule has 4 aromatic rings. The highest BCUT2D eigenvalue weighted by molar-refractivity contribution is 5.82. The molecule has 146 valence electrons. The van der Waals surface area contributed by atoms with Crippen molar-refractivity contribution in [3.63, 3.8) is 0 Å². The second-order valence-corrected chi connectivity index (χ2v) is 6.57. The van der Waals surface area contributed by atoms with Gasteiger partial charge in [-0.15, -0.1) is 0 Å². The highest BCUT2D eigenvalue weighted by atomic mass is 19.1. The van der Waals surface area contributed by atoms with Crippen LogP contribution in [0.25, 0.3) is 10.9 Å². The number of hydrogen-bond acceptors (Lipinski definition) is 7. The van der Waals surface area contributed by atoms with E-state index in [0.29, 0.717) is 24.7 Å². The van der Waals surface area contributed by atoms with Crippen LogP contribution in [-0.2, 0) is 0 Å². The van der Waals surface area contributed by atoms with Crippen molar-refractivity contribution >= 4 is 28.4 Å². The van der Waals surface area contributed by atoms with E-state index in [0.717, 1.165) is 22.8 Å². The summed E-state index contributed by atoms with van der Waals surface area (Å²) >= 11 is 0. The Morgan fingerprint density at radius 2 is 2.03 bits per heavy atom.